The van der Waals surface area contributed by atoms with Gasteiger partial charge < -0.3 is 14.4 Å². The largest absolute Gasteiger partial charge is 0.507 e. The molecule has 1 aliphatic heterocycles. The molecule has 2 aromatic carbocycles. The third-order valence-corrected chi connectivity index (χ3v) is 4.68. The Morgan fingerprint density at radius 2 is 1.71 bits per heavy atom. The van der Waals surface area contributed by atoms with Gasteiger partial charge in [-0.25, -0.2) is 4.39 Å². The quantitative estimate of drug-likeness (QED) is 0.423. The third kappa shape index (κ3) is 3.09. The molecule has 0 radical (unpaired) electrons. The molecular weight excluding hydrogens is 361 g/mol. The molecule has 4 rings (SSSR count). The number of furan rings is 1. The van der Waals surface area contributed by atoms with E-state index >= 15 is 0 Å². The molecule has 3 aromatic rings. The Balaban J connectivity index is 1.86. The number of aliphatic hydroxyl groups is 1. The average molecular weight is 377 g/mol. The minimum absolute atomic E-state index is 0.0330. The Morgan fingerprint density at radius 3 is 2.36 bits per heavy atom. The molecule has 0 unspecified atom stereocenters. The highest BCUT2D eigenvalue weighted by Crippen LogP contribution is 2.40. The van der Waals surface area contributed by atoms with Gasteiger partial charge in [-0.1, -0.05) is 42.5 Å². The van der Waals surface area contributed by atoms with Crippen LogP contribution in [0.3, 0.4) is 0 Å². The second-order valence-electron chi connectivity index (χ2n) is 6.42. The Morgan fingerprint density at radius 1 is 1.00 bits per heavy atom. The van der Waals surface area contributed by atoms with Crippen molar-refractivity contribution in [2.45, 2.75) is 12.6 Å². The first kappa shape index (κ1) is 17.7. The molecule has 0 bridgehead atoms. The number of halogens is 1. The van der Waals surface area contributed by atoms with Crippen LogP contribution in [0.15, 0.2) is 83.0 Å². The monoisotopic (exact) mass is 377 g/mol. The normalized spacial score (nSPS) is 18.6. The lowest BCUT2D eigenvalue weighted by atomic mass is 9.95. The first-order valence-electron chi connectivity index (χ1n) is 8.68. The van der Waals surface area contributed by atoms with Crippen LogP contribution in [-0.2, 0) is 16.1 Å². The van der Waals surface area contributed by atoms with Crippen LogP contribution in [0, 0.1) is 5.82 Å². The van der Waals surface area contributed by atoms with E-state index in [1.54, 1.807) is 42.5 Å². The van der Waals surface area contributed by atoms with Gasteiger partial charge in [0.1, 0.15) is 17.3 Å². The van der Waals surface area contributed by atoms with Gasteiger partial charge in [-0.05, 0) is 29.8 Å². The zero-order valence-corrected chi connectivity index (χ0v) is 14.7. The molecule has 1 aromatic heterocycles. The van der Waals surface area contributed by atoms with Crippen molar-refractivity contribution in [2.24, 2.45) is 0 Å². The molecule has 0 spiro atoms. The Labute approximate surface area is 160 Å². The van der Waals surface area contributed by atoms with Crippen molar-refractivity contribution >= 4 is 17.4 Å². The molecule has 1 saturated heterocycles. The molecule has 2 heterocycles. The van der Waals surface area contributed by atoms with Gasteiger partial charge in [0.25, 0.3) is 11.7 Å². The zero-order chi connectivity index (χ0) is 19.7. The minimum Gasteiger partial charge on any atom is -0.507 e. The molecule has 0 aliphatic carbocycles. The molecule has 1 amide bonds. The van der Waals surface area contributed by atoms with E-state index < -0.39 is 23.5 Å². The Hall–Kier alpha value is -3.67. The maximum absolute atomic E-state index is 13.4. The second kappa shape index (κ2) is 7.15. The van der Waals surface area contributed by atoms with E-state index in [0.29, 0.717) is 16.9 Å². The number of hydrogen-bond donors (Lipinski definition) is 1. The van der Waals surface area contributed by atoms with E-state index in [1.165, 1.54) is 35.4 Å². The van der Waals surface area contributed by atoms with Gasteiger partial charge in [-0.3, -0.25) is 9.59 Å². The highest BCUT2D eigenvalue weighted by molar-refractivity contribution is 6.46. The summed E-state index contributed by atoms with van der Waals surface area (Å²) in [7, 11) is 0. The number of hydrogen-bond acceptors (Lipinski definition) is 4. The van der Waals surface area contributed by atoms with Gasteiger partial charge in [-0.2, -0.15) is 0 Å². The summed E-state index contributed by atoms with van der Waals surface area (Å²) in [6, 6.07) is 16.6. The number of carbonyl (C=O) groups is 2. The van der Waals surface area contributed by atoms with Crippen LogP contribution >= 0.6 is 0 Å². The topological polar surface area (TPSA) is 70.8 Å². The van der Waals surface area contributed by atoms with Crippen molar-refractivity contribution in [3.8, 4) is 0 Å². The third-order valence-electron chi connectivity index (χ3n) is 4.68. The molecule has 1 fully saturated rings. The maximum atomic E-state index is 13.4. The minimum atomic E-state index is -0.856. The molecule has 1 atom stereocenters. The van der Waals surface area contributed by atoms with E-state index in [1.807, 2.05) is 0 Å². The Kier molecular flexibility index (Phi) is 4.53. The van der Waals surface area contributed by atoms with Crippen molar-refractivity contribution in [2.75, 3.05) is 0 Å². The number of Topliss-reactive ketones (excluding diaryl/α,β-unsaturated/α-hetero) is 1. The zero-order valence-electron chi connectivity index (χ0n) is 14.7. The van der Waals surface area contributed by atoms with Gasteiger partial charge >= 0.3 is 0 Å². The predicted octanol–water partition coefficient (Wildman–Crippen LogP) is 4.04. The van der Waals surface area contributed by atoms with Gasteiger partial charge in [0.15, 0.2) is 0 Å². The number of carbonyl (C=O) groups excluding carboxylic acids is 2. The summed E-state index contributed by atoms with van der Waals surface area (Å²) in [5.41, 5.74) is 0.907. The van der Waals surface area contributed by atoms with Crippen LogP contribution in [0.4, 0.5) is 4.39 Å². The van der Waals surface area contributed by atoms with E-state index in [9.17, 15) is 19.1 Å². The first-order chi connectivity index (χ1) is 13.6. The first-order valence-corrected chi connectivity index (χ1v) is 8.68. The van der Waals surface area contributed by atoms with Crippen molar-refractivity contribution in [3.63, 3.8) is 0 Å². The van der Waals surface area contributed by atoms with E-state index in [-0.39, 0.29) is 17.9 Å². The SMILES string of the molecule is O=C1C(=O)N(Cc2ccco2)[C@@H](c2ccc(F)cc2)/C1=C(\O)c1ccccc1. The summed E-state index contributed by atoms with van der Waals surface area (Å²) < 4.78 is 18.7. The molecule has 0 saturated carbocycles. The number of nitrogens with zero attached hydrogens (tertiary/aromatic N) is 1. The number of aliphatic hydroxyl groups excluding tert-OH is 1. The smallest absolute Gasteiger partial charge is 0.296 e. The highest BCUT2D eigenvalue weighted by Gasteiger charge is 2.46. The van der Waals surface area contributed by atoms with Crippen molar-refractivity contribution < 1.29 is 23.5 Å². The van der Waals surface area contributed by atoms with Crippen molar-refractivity contribution in [1.82, 2.24) is 4.90 Å². The van der Waals surface area contributed by atoms with Gasteiger partial charge in [0.05, 0.1) is 24.4 Å². The lowest BCUT2D eigenvalue weighted by Gasteiger charge is -2.24. The number of likely N-dealkylation sites (tertiary alicyclic amines) is 1. The maximum Gasteiger partial charge on any atom is 0.296 e. The molecular formula is C22H16FNO4. The average Bonchev–Trinajstić information content (AvgIpc) is 3.31. The summed E-state index contributed by atoms with van der Waals surface area (Å²) in [5.74, 6) is -1.75. The molecule has 1 aliphatic rings. The van der Waals surface area contributed by atoms with E-state index in [2.05, 4.69) is 0 Å². The fourth-order valence-electron chi connectivity index (χ4n) is 3.36. The van der Waals surface area contributed by atoms with Crippen LogP contribution in [0.1, 0.15) is 22.9 Å². The molecule has 6 heteroatoms. The number of benzene rings is 2. The van der Waals surface area contributed by atoms with Gasteiger partial charge in [-0.15, -0.1) is 0 Å². The van der Waals surface area contributed by atoms with Crippen LogP contribution in [0.2, 0.25) is 0 Å². The van der Waals surface area contributed by atoms with Gasteiger partial charge in [0, 0.05) is 5.56 Å². The number of amides is 1. The second-order valence-corrected chi connectivity index (χ2v) is 6.42. The number of ketones is 1. The summed E-state index contributed by atoms with van der Waals surface area (Å²) >= 11 is 0. The van der Waals surface area contributed by atoms with Crippen molar-refractivity contribution in [3.05, 3.63) is 101 Å². The van der Waals surface area contributed by atoms with E-state index in [0.717, 1.165) is 0 Å². The van der Waals surface area contributed by atoms with Crippen molar-refractivity contribution in [1.29, 1.82) is 0 Å². The van der Waals surface area contributed by atoms with Crippen LogP contribution in [0.5, 0.6) is 0 Å². The molecule has 1 N–H and O–H groups in total. The molecule has 5 nitrogen and oxygen atoms in total. The summed E-state index contributed by atoms with van der Waals surface area (Å²) in [4.78, 5) is 26.9. The van der Waals surface area contributed by atoms with E-state index in [4.69, 9.17) is 4.42 Å². The van der Waals surface area contributed by atoms with Gasteiger partial charge in [0.2, 0.25) is 0 Å². The fraction of sp³-hybridized carbons (Fsp3) is 0.0909. The number of rotatable bonds is 4. The molecule has 140 valence electrons. The fourth-order valence-corrected chi connectivity index (χ4v) is 3.36. The summed E-state index contributed by atoms with van der Waals surface area (Å²) in [6.45, 7) is 0.0468. The lowest BCUT2D eigenvalue weighted by Crippen LogP contribution is -2.29. The standard InChI is InChI=1S/C22H16FNO4/c23-16-10-8-14(9-11-16)19-18(20(25)15-5-2-1-3-6-15)21(26)22(27)24(19)13-17-7-4-12-28-17/h1-12,19,25H,13H2/b20-18+/t19-/m0/s1. The van der Waals surface area contributed by atoms with Crippen LogP contribution in [-0.4, -0.2) is 21.7 Å². The Bertz CT molecular complexity index is 1040. The predicted molar refractivity (Wildman–Crippen MR) is 99.4 cm³/mol. The highest BCUT2D eigenvalue weighted by atomic mass is 19.1. The molecule has 28 heavy (non-hydrogen) atoms. The van der Waals surface area contributed by atoms with Crippen LogP contribution < -0.4 is 0 Å². The lowest BCUT2D eigenvalue weighted by molar-refractivity contribution is -0.140. The summed E-state index contributed by atoms with van der Waals surface area (Å²) in [5, 5.41) is 10.8. The summed E-state index contributed by atoms with van der Waals surface area (Å²) in [6.07, 6.45) is 1.47. The van der Waals surface area contributed by atoms with Crippen LogP contribution in [0.25, 0.3) is 5.76 Å².